The number of nitrogens with zero attached hydrogens (tertiary/aromatic N) is 2. The number of nitrogens with one attached hydrogen (secondary N) is 1. The molecule has 0 unspecified atom stereocenters. The maximum atomic E-state index is 5.40. The van der Waals surface area contributed by atoms with E-state index in [0.717, 1.165) is 38.8 Å². The molecule has 0 amide bonds. The van der Waals surface area contributed by atoms with Gasteiger partial charge in [-0.3, -0.25) is 0 Å². The molecular formula is C14H18BrN3OS. The van der Waals surface area contributed by atoms with E-state index in [1.165, 1.54) is 0 Å². The Morgan fingerprint density at radius 1 is 1.35 bits per heavy atom. The zero-order chi connectivity index (χ0) is 14.5. The van der Waals surface area contributed by atoms with Crippen molar-refractivity contribution < 1.29 is 4.74 Å². The molecule has 0 saturated carbocycles. The highest BCUT2D eigenvalue weighted by atomic mass is 79.9. The smallest absolute Gasteiger partial charge is 0.151 e. The van der Waals surface area contributed by atoms with E-state index in [-0.39, 0.29) is 0 Å². The van der Waals surface area contributed by atoms with Gasteiger partial charge in [0.1, 0.15) is 10.8 Å². The van der Waals surface area contributed by atoms with Crippen LogP contribution < -0.4 is 10.1 Å². The average molecular weight is 356 g/mol. The number of methoxy groups -OCH3 is 1. The third kappa shape index (κ3) is 4.01. The van der Waals surface area contributed by atoms with Gasteiger partial charge in [0.15, 0.2) is 5.01 Å². The number of ether oxygens (including phenoxy) is 1. The van der Waals surface area contributed by atoms with Gasteiger partial charge in [0, 0.05) is 23.5 Å². The lowest BCUT2D eigenvalue weighted by molar-refractivity contribution is 0.416. The molecule has 2 rings (SSSR count). The van der Waals surface area contributed by atoms with Crippen LogP contribution in [-0.4, -0.2) is 29.9 Å². The summed E-state index contributed by atoms with van der Waals surface area (Å²) in [5.74, 6) is 0.808. The summed E-state index contributed by atoms with van der Waals surface area (Å²) < 4.78 is 6.39. The fourth-order valence-corrected chi connectivity index (χ4v) is 2.98. The third-order valence-corrected chi connectivity index (χ3v) is 4.26. The van der Waals surface area contributed by atoms with Crippen LogP contribution in [-0.2, 0) is 6.42 Å². The molecule has 0 saturated heterocycles. The van der Waals surface area contributed by atoms with Crippen molar-refractivity contribution >= 4 is 27.3 Å². The normalized spacial score (nSPS) is 11.1. The first kappa shape index (κ1) is 15.4. The molecule has 108 valence electrons. The second kappa shape index (κ2) is 7.15. The molecule has 4 nitrogen and oxygen atoms in total. The molecule has 0 spiro atoms. The van der Waals surface area contributed by atoms with Crippen LogP contribution in [0.3, 0.4) is 0 Å². The lowest BCUT2D eigenvalue weighted by Gasteiger charge is -2.06. The van der Waals surface area contributed by atoms with Gasteiger partial charge in [-0.05, 0) is 18.2 Å². The molecular weight excluding hydrogens is 338 g/mol. The van der Waals surface area contributed by atoms with Gasteiger partial charge in [-0.1, -0.05) is 41.1 Å². The predicted molar refractivity (Wildman–Crippen MR) is 86.4 cm³/mol. The standard InChI is InChI=1S/C14H18BrN3OS/c1-9(2)16-7-6-13-17-18-14(20-13)11-5-4-10(15)8-12(11)19-3/h4-5,8-9,16H,6-7H2,1-3H3. The van der Waals surface area contributed by atoms with Crippen LogP contribution in [0, 0.1) is 0 Å². The number of aromatic nitrogens is 2. The maximum absolute atomic E-state index is 5.40. The average Bonchev–Trinajstić information content (AvgIpc) is 2.86. The molecule has 0 atom stereocenters. The van der Waals surface area contributed by atoms with Gasteiger partial charge in [0.25, 0.3) is 0 Å². The minimum atomic E-state index is 0.494. The van der Waals surface area contributed by atoms with E-state index in [0.29, 0.717) is 6.04 Å². The quantitative estimate of drug-likeness (QED) is 0.860. The summed E-state index contributed by atoms with van der Waals surface area (Å²) >= 11 is 5.06. The van der Waals surface area contributed by atoms with Crippen LogP contribution in [0.5, 0.6) is 5.75 Å². The van der Waals surface area contributed by atoms with Crippen molar-refractivity contribution in [2.75, 3.05) is 13.7 Å². The second-order valence-corrected chi connectivity index (χ2v) is 6.68. The number of hydrogen-bond donors (Lipinski definition) is 1. The van der Waals surface area contributed by atoms with Gasteiger partial charge in [-0.25, -0.2) is 0 Å². The van der Waals surface area contributed by atoms with Crippen LogP contribution in [0.2, 0.25) is 0 Å². The van der Waals surface area contributed by atoms with Crippen LogP contribution in [0.1, 0.15) is 18.9 Å². The lowest BCUT2D eigenvalue weighted by atomic mass is 10.2. The first-order valence-electron chi connectivity index (χ1n) is 6.50. The summed E-state index contributed by atoms with van der Waals surface area (Å²) in [6.07, 6.45) is 0.898. The molecule has 6 heteroatoms. The third-order valence-electron chi connectivity index (χ3n) is 2.75. The minimum absolute atomic E-state index is 0.494. The fourth-order valence-electron chi connectivity index (χ4n) is 1.77. The highest BCUT2D eigenvalue weighted by molar-refractivity contribution is 9.10. The monoisotopic (exact) mass is 355 g/mol. The SMILES string of the molecule is COc1cc(Br)ccc1-c1nnc(CCNC(C)C)s1. The first-order valence-corrected chi connectivity index (χ1v) is 8.10. The van der Waals surface area contributed by atoms with E-state index in [1.807, 2.05) is 18.2 Å². The van der Waals surface area contributed by atoms with Crippen LogP contribution >= 0.6 is 27.3 Å². The lowest BCUT2D eigenvalue weighted by Crippen LogP contribution is -2.24. The molecule has 0 fully saturated rings. The Hall–Kier alpha value is -0.980. The number of hydrogen-bond acceptors (Lipinski definition) is 5. The van der Waals surface area contributed by atoms with E-state index in [4.69, 9.17) is 4.74 Å². The van der Waals surface area contributed by atoms with Gasteiger partial charge in [-0.2, -0.15) is 0 Å². The highest BCUT2D eigenvalue weighted by Gasteiger charge is 2.12. The summed E-state index contributed by atoms with van der Waals surface area (Å²) in [6.45, 7) is 5.19. The van der Waals surface area contributed by atoms with Crippen molar-refractivity contribution in [1.29, 1.82) is 0 Å². The van der Waals surface area contributed by atoms with Gasteiger partial charge >= 0.3 is 0 Å². The molecule has 1 aromatic heterocycles. The summed E-state index contributed by atoms with van der Waals surface area (Å²) in [6, 6.07) is 6.42. The van der Waals surface area contributed by atoms with Crippen LogP contribution in [0.4, 0.5) is 0 Å². The van der Waals surface area contributed by atoms with Crippen molar-refractivity contribution in [3.05, 3.63) is 27.7 Å². The van der Waals surface area contributed by atoms with Crippen molar-refractivity contribution in [2.24, 2.45) is 0 Å². The molecule has 2 aromatic rings. The molecule has 0 aliphatic heterocycles. The molecule has 1 heterocycles. The second-order valence-electron chi connectivity index (χ2n) is 4.70. The molecule has 1 aromatic carbocycles. The topological polar surface area (TPSA) is 47.0 Å². The molecule has 0 aliphatic carbocycles. The maximum Gasteiger partial charge on any atom is 0.151 e. The summed E-state index contributed by atoms with van der Waals surface area (Å²) in [7, 11) is 1.67. The molecule has 0 bridgehead atoms. The van der Waals surface area contributed by atoms with Gasteiger partial charge in [-0.15, -0.1) is 10.2 Å². The number of benzene rings is 1. The Morgan fingerprint density at radius 2 is 2.15 bits per heavy atom. The molecule has 1 N–H and O–H groups in total. The number of rotatable bonds is 6. The van der Waals surface area contributed by atoms with Crippen molar-refractivity contribution in [1.82, 2.24) is 15.5 Å². The highest BCUT2D eigenvalue weighted by Crippen LogP contribution is 2.34. The molecule has 0 radical (unpaired) electrons. The van der Waals surface area contributed by atoms with Crippen LogP contribution in [0.15, 0.2) is 22.7 Å². The van der Waals surface area contributed by atoms with Crippen molar-refractivity contribution in [3.63, 3.8) is 0 Å². The van der Waals surface area contributed by atoms with E-state index in [9.17, 15) is 0 Å². The Kier molecular flexibility index (Phi) is 5.51. The van der Waals surface area contributed by atoms with E-state index in [1.54, 1.807) is 18.4 Å². The zero-order valence-corrected chi connectivity index (χ0v) is 14.2. The largest absolute Gasteiger partial charge is 0.496 e. The van der Waals surface area contributed by atoms with Gasteiger partial charge < -0.3 is 10.1 Å². The number of halogens is 1. The molecule has 0 aliphatic rings. The van der Waals surface area contributed by atoms with Crippen LogP contribution in [0.25, 0.3) is 10.6 Å². The summed E-state index contributed by atoms with van der Waals surface area (Å²) in [5.41, 5.74) is 0.983. The van der Waals surface area contributed by atoms with E-state index < -0.39 is 0 Å². The Morgan fingerprint density at radius 3 is 2.85 bits per heavy atom. The van der Waals surface area contributed by atoms with Gasteiger partial charge in [0.05, 0.1) is 12.7 Å². The van der Waals surface area contributed by atoms with Crippen molar-refractivity contribution in [3.8, 4) is 16.3 Å². The zero-order valence-electron chi connectivity index (χ0n) is 11.8. The van der Waals surface area contributed by atoms with Gasteiger partial charge in [0.2, 0.25) is 0 Å². The summed E-state index contributed by atoms with van der Waals surface area (Å²) in [4.78, 5) is 0. The van der Waals surface area contributed by atoms with Crippen molar-refractivity contribution in [2.45, 2.75) is 26.3 Å². The Bertz CT molecular complexity index is 571. The minimum Gasteiger partial charge on any atom is -0.496 e. The predicted octanol–water partition coefficient (Wildman–Crippen LogP) is 3.52. The first-order chi connectivity index (χ1) is 9.60. The summed E-state index contributed by atoms with van der Waals surface area (Å²) in [5, 5.41) is 13.8. The molecule has 20 heavy (non-hydrogen) atoms. The van der Waals surface area contributed by atoms with E-state index in [2.05, 4.69) is 45.3 Å². The Labute approximate surface area is 131 Å². The Balaban J connectivity index is 2.12. The van der Waals surface area contributed by atoms with E-state index >= 15 is 0 Å². The fraction of sp³-hybridized carbons (Fsp3) is 0.429.